The van der Waals surface area contributed by atoms with Gasteiger partial charge in [-0.15, -0.1) is 0 Å². The summed E-state index contributed by atoms with van der Waals surface area (Å²) in [5.41, 5.74) is 0.680. The van der Waals surface area contributed by atoms with Crippen molar-refractivity contribution in [1.29, 1.82) is 0 Å². The number of nitro benzene ring substituents is 1. The summed E-state index contributed by atoms with van der Waals surface area (Å²) in [6.07, 6.45) is 0. The Labute approximate surface area is 201 Å². The third-order valence-electron chi connectivity index (χ3n) is 5.61. The monoisotopic (exact) mass is 499 g/mol. The molecule has 0 atom stereocenters. The van der Waals surface area contributed by atoms with Gasteiger partial charge in [0, 0.05) is 37.8 Å². The normalized spacial score (nSPS) is 14.5. The molecular weight excluding hydrogens is 477 g/mol. The lowest BCUT2D eigenvalue weighted by atomic mass is 10.1. The Morgan fingerprint density at radius 1 is 0.971 bits per heavy atom. The number of rotatable bonds is 7. The van der Waals surface area contributed by atoms with Crippen LogP contribution < -0.4 is 4.74 Å². The van der Waals surface area contributed by atoms with E-state index < -0.39 is 20.6 Å². The zero-order chi connectivity index (χ0) is 25.0. The summed E-state index contributed by atoms with van der Waals surface area (Å²) in [6, 6.07) is 17.7. The van der Waals surface area contributed by atoms with Gasteiger partial charge in [-0.25, -0.2) is 12.8 Å². The highest BCUT2D eigenvalue weighted by atomic mass is 32.2. The summed E-state index contributed by atoms with van der Waals surface area (Å²) in [7, 11) is -4.08. The number of piperazine rings is 1. The average Bonchev–Trinajstić information content (AvgIpc) is 2.88. The Kier molecular flexibility index (Phi) is 7.08. The molecule has 9 nitrogen and oxygen atoms in total. The van der Waals surface area contributed by atoms with Crippen molar-refractivity contribution in [2.75, 3.05) is 26.2 Å². The molecule has 3 aromatic carbocycles. The smallest absolute Gasteiger partial charge is 0.289 e. The van der Waals surface area contributed by atoms with Gasteiger partial charge in [0.1, 0.15) is 18.2 Å². The number of halogens is 1. The van der Waals surface area contributed by atoms with Gasteiger partial charge in [0.2, 0.25) is 10.0 Å². The molecule has 0 spiro atoms. The molecule has 0 aromatic heterocycles. The summed E-state index contributed by atoms with van der Waals surface area (Å²) in [5.74, 6) is -0.144. The number of ether oxygens (including phenoxy) is 1. The topological polar surface area (TPSA) is 110 Å². The Morgan fingerprint density at radius 3 is 2.34 bits per heavy atom. The molecule has 1 heterocycles. The van der Waals surface area contributed by atoms with Crippen LogP contribution in [0, 0.1) is 15.9 Å². The zero-order valence-corrected chi connectivity index (χ0v) is 19.4. The van der Waals surface area contributed by atoms with E-state index in [1.807, 2.05) is 0 Å². The Hall–Kier alpha value is -3.83. The number of hydrogen-bond acceptors (Lipinski definition) is 6. The van der Waals surface area contributed by atoms with Crippen LogP contribution in [-0.2, 0) is 16.6 Å². The van der Waals surface area contributed by atoms with Gasteiger partial charge in [0.15, 0.2) is 4.90 Å². The fraction of sp³-hybridized carbons (Fsp3) is 0.208. The minimum absolute atomic E-state index is 0.0148. The number of benzene rings is 3. The molecule has 1 amide bonds. The third kappa shape index (κ3) is 5.47. The maximum atomic E-state index is 13.0. The van der Waals surface area contributed by atoms with E-state index in [9.17, 15) is 27.7 Å². The van der Waals surface area contributed by atoms with E-state index in [4.69, 9.17) is 4.74 Å². The Bertz CT molecular complexity index is 1340. The van der Waals surface area contributed by atoms with Gasteiger partial charge in [-0.05, 0) is 42.0 Å². The molecule has 1 aliphatic heterocycles. The molecule has 182 valence electrons. The highest BCUT2D eigenvalue weighted by molar-refractivity contribution is 7.89. The lowest BCUT2D eigenvalue weighted by Crippen LogP contribution is -2.50. The first-order chi connectivity index (χ1) is 16.8. The number of para-hydroxylation sites is 1. The molecule has 1 saturated heterocycles. The predicted octanol–water partition coefficient (Wildman–Crippen LogP) is 3.46. The molecule has 0 radical (unpaired) electrons. The van der Waals surface area contributed by atoms with Crippen molar-refractivity contribution in [3.63, 3.8) is 0 Å². The van der Waals surface area contributed by atoms with Crippen molar-refractivity contribution in [3.05, 3.63) is 99.9 Å². The zero-order valence-electron chi connectivity index (χ0n) is 18.5. The second-order valence-electron chi connectivity index (χ2n) is 7.86. The van der Waals surface area contributed by atoms with Crippen molar-refractivity contribution in [2.24, 2.45) is 0 Å². The van der Waals surface area contributed by atoms with E-state index in [1.165, 1.54) is 35.2 Å². The van der Waals surface area contributed by atoms with E-state index >= 15 is 0 Å². The highest BCUT2D eigenvalue weighted by Crippen LogP contribution is 2.27. The van der Waals surface area contributed by atoms with Gasteiger partial charge in [0.05, 0.1) is 4.92 Å². The van der Waals surface area contributed by atoms with Gasteiger partial charge < -0.3 is 9.64 Å². The van der Waals surface area contributed by atoms with Crippen LogP contribution in [-0.4, -0.2) is 54.6 Å². The number of nitro groups is 1. The van der Waals surface area contributed by atoms with Crippen molar-refractivity contribution in [3.8, 4) is 5.75 Å². The second kappa shape index (κ2) is 10.2. The molecule has 4 rings (SSSR count). The molecule has 0 bridgehead atoms. The van der Waals surface area contributed by atoms with Crippen molar-refractivity contribution >= 4 is 21.6 Å². The highest BCUT2D eigenvalue weighted by Gasteiger charge is 2.34. The minimum Gasteiger partial charge on any atom is -0.489 e. The first-order valence-corrected chi connectivity index (χ1v) is 12.2. The Morgan fingerprint density at radius 2 is 1.66 bits per heavy atom. The number of carbonyl (C=O) groups is 1. The van der Waals surface area contributed by atoms with Crippen LogP contribution in [0.3, 0.4) is 0 Å². The molecule has 0 aliphatic carbocycles. The fourth-order valence-electron chi connectivity index (χ4n) is 3.75. The summed E-state index contributed by atoms with van der Waals surface area (Å²) >= 11 is 0. The lowest BCUT2D eigenvalue weighted by Gasteiger charge is -2.34. The van der Waals surface area contributed by atoms with E-state index in [2.05, 4.69) is 0 Å². The molecule has 1 fully saturated rings. The summed E-state index contributed by atoms with van der Waals surface area (Å²) in [4.78, 5) is 24.7. The Balaban J connectivity index is 1.40. The predicted molar refractivity (Wildman–Crippen MR) is 125 cm³/mol. The van der Waals surface area contributed by atoms with Crippen LogP contribution >= 0.6 is 0 Å². The molecule has 35 heavy (non-hydrogen) atoms. The van der Waals surface area contributed by atoms with Gasteiger partial charge >= 0.3 is 0 Å². The van der Waals surface area contributed by atoms with Crippen LogP contribution in [0.1, 0.15) is 15.9 Å². The quantitative estimate of drug-likeness (QED) is 0.364. The van der Waals surface area contributed by atoms with Crippen LogP contribution in [0.25, 0.3) is 0 Å². The number of hydrogen-bond donors (Lipinski definition) is 0. The molecule has 1 aliphatic rings. The first-order valence-electron chi connectivity index (χ1n) is 10.8. The number of carbonyl (C=O) groups excluding carboxylic acids is 1. The SMILES string of the molecule is O=C(c1cccc(OCc2ccc(F)cc2)c1)N1CCN(S(=O)(=O)c2ccccc2[N+](=O)[O-])CC1. The number of nitrogens with zero attached hydrogens (tertiary/aromatic N) is 3. The molecule has 3 aromatic rings. The minimum atomic E-state index is -4.08. The molecule has 0 unspecified atom stereocenters. The maximum absolute atomic E-state index is 13.0. The third-order valence-corrected chi connectivity index (χ3v) is 7.55. The van der Waals surface area contributed by atoms with Crippen LogP contribution in [0.2, 0.25) is 0 Å². The van der Waals surface area contributed by atoms with Crippen molar-refractivity contribution in [1.82, 2.24) is 9.21 Å². The van der Waals surface area contributed by atoms with Crippen LogP contribution in [0.15, 0.2) is 77.7 Å². The molecular formula is C24H22FN3O6S. The number of sulfonamides is 1. The van der Waals surface area contributed by atoms with E-state index in [-0.39, 0.29) is 49.4 Å². The second-order valence-corrected chi connectivity index (χ2v) is 9.77. The lowest BCUT2D eigenvalue weighted by molar-refractivity contribution is -0.387. The maximum Gasteiger partial charge on any atom is 0.289 e. The van der Waals surface area contributed by atoms with Gasteiger partial charge in [-0.1, -0.05) is 30.3 Å². The van der Waals surface area contributed by atoms with Crippen molar-refractivity contribution < 1.29 is 27.3 Å². The van der Waals surface area contributed by atoms with E-state index in [0.29, 0.717) is 11.3 Å². The fourth-order valence-corrected chi connectivity index (χ4v) is 5.33. The molecule has 11 heteroatoms. The molecule has 0 saturated carbocycles. The number of amides is 1. The van der Waals surface area contributed by atoms with E-state index in [0.717, 1.165) is 15.9 Å². The standard InChI is InChI=1S/C24H22FN3O6S/c25-20-10-8-18(9-11-20)17-34-21-5-3-4-19(16-21)24(29)26-12-14-27(15-13-26)35(32,33)23-7-2-1-6-22(23)28(30)31/h1-11,16H,12-15,17H2. The van der Waals surface area contributed by atoms with Gasteiger partial charge in [-0.3, -0.25) is 14.9 Å². The van der Waals surface area contributed by atoms with Gasteiger partial charge in [0.25, 0.3) is 11.6 Å². The van der Waals surface area contributed by atoms with Crippen molar-refractivity contribution in [2.45, 2.75) is 11.5 Å². The van der Waals surface area contributed by atoms with E-state index in [1.54, 1.807) is 36.4 Å². The summed E-state index contributed by atoms with van der Waals surface area (Å²) < 4.78 is 45.9. The molecule has 0 N–H and O–H groups in total. The van der Waals surface area contributed by atoms with Crippen LogP contribution in [0.5, 0.6) is 5.75 Å². The van der Waals surface area contributed by atoms with Gasteiger partial charge in [-0.2, -0.15) is 4.31 Å². The summed E-state index contributed by atoms with van der Waals surface area (Å²) in [5, 5.41) is 11.3. The average molecular weight is 500 g/mol. The van der Waals surface area contributed by atoms with Crippen LogP contribution in [0.4, 0.5) is 10.1 Å². The largest absolute Gasteiger partial charge is 0.489 e. The summed E-state index contributed by atoms with van der Waals surface area (Å²) in [6.45, 7) is 0.514. The first kappa shape index (κ1) is 24.3.